The lowest BCUT2D eigenvalue weighted by atomic mass is 10.3. The van der Waals surface area contributed by atoms with Gasteiger partial charge in [-0.1, -0.05) is 36.4 Å². The molecule has 0 aromatic heterocycles. The zero-order chi connectivity index (χ0) is 10.9. The zero-order valence-electron chi connectivity index (χ0n) is 8.71. The van der Waals surface area contributed by atoms with Crippen LogP contribution in [-0.2, 0) is 0 Å². The highest BCUT2D eigenvalue weighted by Gasteiger charge is 1.92. The molecule has 82 valence electrons. The van der Waals surface area contributed by atoms with Gasteiger partial charge in [0.2, 0.25) is 0 Å². The molecule has 0 saturated carbocycles. The molecular weight excluding hydrogens is 210 g/mol. The minimum Gasteiger partial charge on any atom is -0.494 e. The van der Waals surface area contributed by atoms with E-state index in [-0.39, 0.29) is 0 Å². The van der Waals surface area contributed by atoms with Gasteiger partial charge in [-0.25, -0.2) is 0 Å². The van der Waals surface area contributed by atoms with Crippen molar-refractivity contribution in [1.29, 1.82) is 0 Å². The topological polar surface area (TPSA) is 21.3 Å². The molecule has 1 aromatic rings. The van der Waals surface area contributed by atoms with Gasteiger partial charge in [-0.05, 0) is 25.1 Å². The molecule has 0 aliphatic heterocycles. The first-order chi connectivity index (χ1) is 7.29. The largest absolute Gasteiger partial charge is 0.494 e. The van der Waals surface area contributed by atoms with Crippen molar-refractivity contribution >= 4 is 11.6 Å². The highest BCUT2D eigenvalue weighted by Crippen LogP contribution is 2.07. The Bertz CT molecular complexity index is 287. The van der Waals surface area contributed by atoms with Crippen LogP contribution in [0.4, 0.5) is 0 Å². The number of hydrogen-bond donors (Lipinski definition) is 1. The lowest BCUT2D eigenvalue weighted by Gasteiger charge is -2.06. The van der Waals surface area contributed by atoms with E-state index < -0.39 is 0 Å². The van der Waals surface area contributed by atoms with Gasteiger partial charge in [0.15, 0.2) is 0 Å². The van der Waals surface area contributed by atoms with Gasteiger partial charge in [0.05, 0.1) is 6.61 Å². The first-order valence-electron chi connectivity index (χ1n) is 5.01. The smallest absolute Gasteiger partial charge is 0.119 e. The fourth-order valence-electron chi connectivity index (χ4n) is 1.13. The molecule has 1 aromatic carbocycles. The predicted octanol–water partition coefficient (Wildman–Crippen LogP) is 2.80. The van der Waals surface area contributed by atoms with Crippen LogP contribution in [0.5, 0.6) is 5.75 Å². The number of ether oxygens (including phenoxy) is 1. The lowest BCUT2D eigenvalue weighted by Crippen LogP contribution is -2.18. The summed E-state index contributed by atoms with van der Waals surface area (Å²) in [5, 5.41) is 3.80. The highest BCUT2D eigenvalue weighted by molar-refractivity contribution is 6.29. The van der Waals surface area contributed by atoms with Gasteiger partial charge in [0, 0.05) is 11.6 Å². The summed E-state index contributed by atoms with van der Waals surface area (Å²) >= 11 is 5.60. The quantitative estimate of drug-likeness (QED) is 0.721. The van der Waals surface area contributed by atoms with Crippen molar-refractivity contribution in [3.8, 4) is 5.75 Å². The monoisotopic (exact) mass is 225 g/mol. The second-order valence-corrected chi connectivity index (χ2v) is 3.74. The maximum absolute atomic E-state index is 5.60. The number of halogens is 1. The fourth-order valence-corrected chi connectivity index (χ4v) is 1.22. The normalized spacial score (nSPS) is 9.93. The van der Waals surface area contributed by atoms with Gasteiger partial charge in [-0.15, -0.1) is 0 Å². The molecule has 0 atom stereocenters. The van der Waals surface area contributed by atoms with E-state index in [1.807, 2.05) is 30.3 Å². The summed E-state index contributed by atoms with van der Waals surface area (Å²) in [6.07, 6.45) is 0.957. The second kappa shape index (κ2) is 7.32. The van der Waals surface area contributed by atoms with Crippen LogP contribution < -0.4 is 10.1 Å². The van der Waals surface area contributed by atoms with Crippen molar-refractivity contribution in [3.05, 3.63) is 41.9 Å². The Morgan fingerprint density at radius 1 is 1.33 bits per heavy atom. The number of hydrogen-bond acceptors (Lipinski definition) is 2. The molecule has 0 bridgehead atoms. The summed E-state index contributed by atoms with van der Waals surface area (Å²) in [5.41, 5.74) is 0. The van der Waals surface area contributed by atoms with Crippen molar-refractivity contribution < 1.29 is 4.74 Å². The molecule has 2 nitrogen and oxygen atoms in total. The first kappa shape index (κ1) is 12.1. The summed E-state index contributed by atoms with van der Waals surface area (Å²) in [6, 6.07) is 9.80. The summed E-state index contributed by atoms with van der Waals surface area (Å²) in [5.74, 6) is 0.916. The van der Waals surface area contributed by atoms with Gasteiger partial charge in [-0.2, -0.15) is 0 Å². The Morgan fingerprint density at radius 3 is 2.73 bits per heavy atom. The fraction of sp³-hybridized carbons (Fsp3) is 0.333. The minimum absolute atomic E-state index is 0.638. The zero-order valence-corrected chi connectivity index (χ0v) is 9.46. The molecule has 1 rings (SSSR count). The standard InChI is InChI=1S/C12H16ClNO/c1-11(13)10-14-8-5-9-15-12-6-3-2-4-7-12/h2-4,6-7,14H,1,5,8-10H2. The molecular formula is C12H16ClNO. The van der Waals surface area contributed by atoms with Crippen molar-refractivity contribution in [3.63, 3.8) is 0 Å². The lowest BCUT2D eigenvalue weighted by molar-refractivity contribution is 0.309. The van der Waals surface area contributed by atoms with Gasteiger partial charge in [0.25, 0.3) is 0 Å². The van der Waals surface area contributed by atoms with E-state index in [4.69, 9.17) is 16.3 Å². The minimum atomic E-state index is 0.638. The number of para-hydroxylation sites is 1. The van der Waals surface area contributed by atoms with Gasteiger partial charge < -0.3 is 10.1 Å². The third kappa shape index (κ3) is 6.15. The third-order valence-electron chi connectivity index (χ3n) is 1.83. The molecule has 15 heavy (non-hydrogen) atoms. The highest BCUT2D eigenvalue weighted by atomic mass is 35.5. The molecule has 0 aliphatic carbocycles. The molecule has 0 saturated heterocycles. The van der Waals surface area contributed by atoms with Crippen LogP contribution in [0.3, 0.4) is 0 Å². The van der Waals surface area contributed by atoms with E-state index in [1.54, 1.807) is 0 Å². The first-order valence-corrected chi connectivity index (χ1v) is 5.38. The van der Waals surface area contributed by atoms with Crippen molar-refractivity contribution in [1.82, 2.24) is 5.32 Å². The van der Waals surface area contributed by atoms with Crippen LogP contribution in [-0.4, -0.2) is 19.7 Å². The average Bonchev–Trinajstić information content (AvgIpc) is 2.24. The van der Waals surface area contributed by atoms with Crippen molar-refractivity contribution in [2.45, 2.75) is 6.42 Å². The Balaban J connectivity index is 2.00. The molecule has 0 amide bonds. The van der Waals surface area contributed by atoms with Crippen LogP contribution in [0.1, 0.15) is 6.42 Å². The molecule has 0 unspecified atom stereocenters. The maximum atomic E-state index is 5.60. The van der Waals surface area contributed by atoms with Gasteiger partial charge in [-0.3, -0.25) is 0 Å². The Morgan fingerprint density at radius 2 is 2.07 bits per heavy atom. The van der Waals surface area contributed by atoms with Crippen LogP contribution in [0, 0.1) is 0 Å². The molecule has 0 fully saturated rings. The van der Waals surface area contributed by atoms with Crippen LogP contribution >= 0.6 is 11.6 Å². The maximum Gasteiger partial charge on any atom is 0.119 e. The summed E-state index contributed by atoms with van der Waals surface area (Å²) in [6.45, 7) is 5.85. The third-order valence-corrected chi connectivity index (χ3v) is 1.96. The second-order valence-electron chi connectivity index (χ2n) is 3.21. The van der Waals surface area contributed by atoms with Crippen molar-refractivity contribution in [2.24, 2.45) is 0 Å². The number of rotatable bonds is 7. The average molecular weight is 226 g/mol. The van der Waals surface area contributed by atoms with E-state index in [2.05, 4.69) is 11.9 Å². The van der Waals surface area contributed by atoms with E-state index >= 15 is 0 Å². The molecule has 1 N–H and O–H groups in total. The predicted molar refractivity (Wildman–Crippen MR) is 64.4 cm³/mol. The van der Waals surface area contributed by atoms with E-state index in [9.17, 15) is 0 Å². The van der Waals surface area contributed by atoms with E-state index in [0.29, 0.717) is 18.2 Å². The van der Waals surface area contributed by atoms with Gasteiger partial charge in [0.1, 0.15) is 5.75 Å². The molecule has 0 radical (unpaired) electrons. The van der Waals surface area contributed by atoms with Crippen molar-refractivity contribution in [2.75, 3.05) is 19.7 Å². The Hall–Kier alpha value is -0.990. The van der Waals surface area contributed by atoms with E-state index in [0.717, 1.165) is 18.7 Å². The Labute approximate surface area is 95.9 Å². The van der Waals surface area contributed by atoms with E-state index in [1.165, 1.54) is 0 Å². The van der Waals surface area contributed by atoms with Crippen LogP contribution in [0.25, 0.3) is 0 Å². The van der Waals surface area contributed by atoms with Gasteiger partial charge >= 0.3 is 0 Å². The summed E-state index contributed by atoms with van der Waals surface area (Å²) < 4.78 is 5.52. The van der Waals surface area contributed by atoms with Crippen LogP contribution in [0.2, 0.25) is 0 Å². The number of nitrogens with one attached hydrogen (secondary N) is 1. The molecule has 0 aliphatic rings. The Kier molecular flexibility index (Phi) is 5.90. The van der Waals surface area contributed by atoms with Crippen LogP contribution in [0.15, 0.2) is 41.9 Å². The summed E-state index contributed by atoms with van der Waals surface area (Å²) in [7, 11) is 0. The molecule has 0 spiro atoms. The molecule has 0 heterocycles. The summed E-state index contributed by atoms with van der Waals surface area (Å²) in [4.78, 5) is 0. The molecule has 3 heteroatoms. The number of benzene rings is 1. The SMILES string of the molecule is C=C(Cl)CNCCCOc1ccccc1.